The minimum absolute atomic E-state index is 0. The molecule has 0 radical (unpaired) electrons. The van der Waals surface area contributed by atoms with Crippen molar-refractivity contribution in [2.75, 3.05) is 52.4 Å². The van der Waals surface area contributed by atoms with Crippen LogP contribution in [0.3, 0.4) is 0 Å². The first-order valence-electron chi connectivity index (χ1n) is 26.6. The number of Topliss-reactive ketones (excluding diaryl/α,β-unsaturated/α-hetero) is 2. The number of hydrogen-bond donors (Lipinski definition) is 4. The van der Waals surface area contributed by atoms with E-state index >= 15 is 0 Å². The number of benzene rings is 2. The van der Waals surface area contributed by atoms with Gasteiger partial charge in [0.15, 0.2) is 0 Å². The first-order valence-corrected chi connectivity index (χ1v) is 36.3. The maximum Gasteiger partial charge on any atom is 0.295 e. The van der Waals surface area contributed by atoms with Gasteiger partial charge in [0.1, 0.15) is 4.60 Å². The molecular formula is C57H77BBrIN8O8Sn. The molecule has 6 heterocycles. The van der Waals surface area contributed by atoms with Crippen molar-refractivity contribution >= 4 is 122 Å². The number of unbranched alkanes of at least 4 members (excludes halogenated alkanes) is 3. The van der Waals surface area contributed by atoms with Crippen molar-refractivity contribution in [2.24, 2.45) is 0 Å². The van der Waals surface area contributed by atoms with Crippen LogP contribution < -0.4 is 0 Å². The van der Waals surface area contributed by atoms with Crippen molar-refractivity contribution in [1.82, 2.24) is 39.5 Å². The molecule has 0 saturated carbocycles. The Labute approximate surface area is 483 Å². The van der Waals surface area contributed by atoms with Crippen LogP contribution in [-0.2, 0) is 9.59 Å². The molecular weight excluding hydrogens is 1260 g/mol. The number of nitrogens with one attached hydrogen (secondary N) is 2. The molecule has 77 heavy (non-hydrogen) atoms. The van der Waals surface area contributed by atoms with Gasteiger partial charge in [0.05, 0.1) is 27.9 Å². The zero-order valence-corrected chi connectivity index (χ0v) is 52.8. The van der Waals surface area contributed by atoms with Crippen molar-refractivity contribution < 1.29 is 38.8 Å². The van der Waals surface area contributed by atoms with E-state index in [1.807, 2.05) is 57.2 Å². The van der Waals surface area contributed by atoms with Crippen molar-refractivity contribution in [3.8, 4) is 0 Å². The third-order valence-corrected chi connectivity index (χ3v) is 27.9. The van der Waals surface area contributed by atoms with Crippen molar-refractivity contribution in [1.29, 1.82) is 0 Å². The van der Waals surface area contributed by atoms with E-state index in [-0.39, 0.29) is 35.8 Å². The molecule has 414 valence electrons. The molecule has 4 amide bonds. The molecule has 8 rings (SSSR count). The number of amides is 4. The molecule has 20 heteroatoms. The predicted octanol–water partition coefficient (Wildman–Crippen LogP) is 10.3. The van der Waals surface area contributed by atoms with Crippen molar-refractivity contribution in [3.05, 3.63) is 129 Å². The van der Waals surface area contributed by atoms with Gasteiger partial charge >= 0.3 is 103 Å². The number of piperazine rings is 2. The number of rotatable bonds is 15. The smallest absolute Gasteiger partial charge is 0.295 e. The molecule has 0 spiro atoms. The van der Waals surface area contributed by atoms with Crippen LogP contribution in [0.25, 0.3) is 21.8 Å². The number of halogens is 2. The third-order valence-electron chi connectivity index (χ3n) is 14.0. The Bertz CT molecular complexity index is 2710. The van der Waals surface area contributed by atoms with Gasteiger partial charge in [0, 0.05) is 99.0 Å². The average Bonchev–Trinajstić information content (AvgIpc) is 4.14. The number of aryl methyl sites for hydroxylation is 3. The summed E-state index contributed by atoms with van der Waals surface area (Å²) >= 11 is 1.80. The number of ketones is 2. The largest absolute Gasteiger partial charge is 0.359 e. The Kier molecular flexibility index (Phi) is 26.5. The van der Waals surface area contributed by atoms with Gasteiger partial charge in [-0.1, -0.05) is 36.4 Å². The Morgan fingerprint density at radius 2 is 0.922 bits per heavy atom. The molecule has 4 aromatic heterocycles. The van der Waals surface area contributed by atoms with Gasteiger partial charge in [0.2, 0.25) is 0 Å². The van der Waals surface area contributed by atoms with E-state index in [1.165, 1.54) is 55.1 Å². The second-order valence-electron chi connectivity index (χ2n) is 20.0. The molecule has 2 aliphatic rings. The first-order chi connectivity index (χ1) is 36.4. The van der Waals surface area contributed by atoms with Gasteiger partial charge in [-0.25, -0.2) is 4.98 Å². The zero-order chi connectivity index (χ0) is 55.5. The van der Waals surface area contributed by atoms with Crippen LogP contribution >= 0.6 is 39.9 Å². The molecule has 0 atom stereocenters. The number of fused-ring (bicyclic) bond motifs is 2. The summed E-state index contributed by atoms with van der Waals surface area (Å²) in [5.41, 5.74) is 5.88. The zero-order valence-electron chi connectivity index (χ0n) is 46.0. The molecule has 6 aromatic rings. The number of carbonyl (C=O) groups excluding carboxylic acids is 6. The number of pyridine rings is 2. The summed E-state index contributed by atoms with van der Waals surface area (Å²) in [6.07, 6.45) is 15.3. The van der Waals surface area contributed by atoms with E-state index in [9.17, 15) is 28.8 Å². The molecule has 4 N–H and O–H groups in total. The van der Waals surface area contributed by atoms with Gasteiger partial charge in [0.25, 0.3) is 35.2 Å². The topological polar surface area (TPSA) is 213 Å². The molecule has 2 fully saturated rings. The summed E-state index contributed by atoms with van der Waals surface area (Å²) in [6, 6.07) is 18.1. The number of aromatic amines is 2. The fourth-order valence-corrected chi connectivity index (χ4v) is 22.4. The Morgan fingerprint density at radius 1 is 0.584 bits per heavy atom. The Morgan fingerprint density at radius 3 is 1.30 bits per heavy atom. The maximum atomic E-state index is 12.9. The molecule has 0 bridgehead atoms. The van der Waals surface area contributed by atoms with E-state index in [1.54, 1.807) is 72.2 Å². The quantitative estimate of drug-likeness (QED) is 0.0251. The molecule has 2 saturated heterocycles. The third kappa shape index (κ3) is 17.8. The number of hydrogen-bond acceptors (Lipinski definition) is 10. The molecule has 0 aliphatic carbocycles. The van der Waals surface area contributed by atoms with Crippen LogP contribution in [0, 0.1) is 20.8 Å². The van der Waals surface area contributed by atoms with E-state index < -0.39 is 48.9 Å². The number of aromatic nitrogens is 4. The summed E-state index contributed by atoms with van der Waals surface area (Å²) in [5, 5.41) is 16.7. The summed E-state index contributed by atoms with van der Waals surface area (Å²) < 4.78 is 5.57. The fraction of sp³-hybridized carbons (Fsp3) is 0.439. The minimum atomic E-state index is -1.56. The van der Waals surface area contributed by atoms with E-state index in [0.29, 0.717) is 90.1 Å². The summed E-state index contributed by atoms with van der Waals surface area (Å²) in [4.78, 5) is 100. The second-order valence-corrected chi connectivity index (χ2v) is 35.3. The SMILES string of the molecule is CB(O)O.CCC[CH2][Sn]([CH3])([CH2]CCC)[CH2]CCC.Cc1cnc(Br)c2[nH]cc(C(=O)C(=O)N3CCN(C(=O)c4ccccc4)CC3)c12.Cc1ncc(C)c2c(C(=O)C(=O)N3CCN(C(=O)c4ccccc4)CC3)c[nH]c12.I. The van der Waals surface area contributed by atoms with E-state index in [0.717, 1.165) is 27.7 Å². The van der Waals surface area contributed by atoms with Gasteiger partial charge in [-0.3, -0.25) is 33.8 Å². The predicted molar refractivity (Wildman–Crippen MR) is 323 cm³/mol. The fourth-order valence-electron chi connectivity index (χ4n) is 9.53. The van der Waals surface area contributed by atoms with E-state index in [4.69, 9.17) is 10.0 Å². The van der Waals surface area contributed by atoms with Gasteiger partial charge in [-0.15, -0.1) is 24.0 Å². The Balaban J connectivity index is 0.000000253. The van der Waals surface area contributed by atoms with Crippen LogP contribution in [0.15, 0.2) is 90.1 Å². The number of H-pyrrole nitrogens is 2. The number of carbonyl (C=O) groups is 6. The molecule has 0 unspecified atom stereocenters. The summed E-state index contributed by atoms with van der Waals surface area (Å²) in [7, 11) is -1.17. The van der Waals surface area contributed by atoms with Crippen molar-refractivity contribution in [2.45, 2.75) is 105 Å². The summed E-state index contributed by atoms with van der Waals surface area (Å²) in [6.45, 7) is 16.8. The monoisotopic (exact) mass is 1340 g/mol. The van der Waals surface area contributed by atoms with Crippen LogP contribution in [0.4, 0.5) is 0 Å². The van der Waals surface area contributed by atoms with Gasteiger partial charge < -0.3 is 39.6 Å². The molecule has 16 nitrogen and oxygen atoms in total. The van der Waals surface area contributed by atoms with Crippen molar-refractivity contribution in [3.63, 3.8) is 0 Å². The van der Waals surface area contributed by atoms with Gasteiger partial charge in [-0.05, 0) is 78.9 Å². The summed E-state index contributed by atoms with van der Waals surface area (Å²) in [5.74, 6) is -2.29. The van der Waals surface area contributed by atoms with E-state index in [2.05, 4.69) is 61.6 Å². The number of nitrogens with zero attached hydrogens (tertiary/aromatic N) is 6. The maximum absolute atomic E-state index is 12.9. The normalized spacial score (nSPS) is 13.3. The average molecular weight is 1340 g/mol. The van der Waals surface area contributed by atoms with Crippen LogP contribution in [0.5, 0.6) is 0 Å². The van der Waals surface area contributed by atoms with Crippen LogP contribution in [0.2, 0.25) is 25.1 Å². The standard InChI is InChI=1S/C22H22N4O3.C21H19BrN4O3.3C4H9.CH5BO2.CH3.HI.Sn/c1-14-12-23-15(2)19-18(14)17(13-24-19)20(27)22(29)26-10-8-25(9-11-26)21(28)16-6-4-3-5-7-16;1-13-11-24-19(22)17-16(13)15(12-23-17)18(27)21(29)26-9-7-25(8-10-26)20(28)14-5-3-2-4-6-14;3*1-3-4-2;1-2(3)4;;;/h3-7,12-13,24H,8-11H2,1-2H3;2-6,11-12,23H,7-10H2,1H3;3*1,3-4H2,2H3;3-4H,1H3;1H3;1H;. The first kappa shape index (κ1) is 64.6. The molecule has 2 aromatic carbocycles. The van der Waals surface area contributed by atoms with Crippen LogP contribution in [0.1, 0.15) is 118 Å². The molecule has 2 aliphatic heterocycles. The minimum Gasteiger partial charge on any atom is -0.359 e. The second kappa shape index (κ2) is 31.6. The van der Waals surface area contributed by atoms with Gasteiger partial charge in [-0.2, -0.15) is 0 Å². The Hall–Kier alpha value is -4.97. The van der Waals surface area contributed by atoms with Crippen LogP contribution in [-0.4, -0.2) is 163 Å².